The van der Waals surface area contributed by atoms with Gasteiger partial charge in [0.1, 0.15) is 0 Å². The monoisotopic (exact) mass is 346 g/mol. The highest BCUT2D eigenvalue weighted by Gasteiger charge is 2.21. The topological polar surface area (TPSA) is 66.5 Å². The van der Waals surface area contributed by atoms with Gasteiger partial charge in [0.2, 0.25) is 10.0 Å². The molecule has 0 bridgehead atoms. The molecule has 2 aromatic rings. The van der Waals surface area contributed by atoms with Gasteiger partial charge >= 0.3 is 0 Å². The Morgan fingerprint density at radius 2 is 1.50 bits per heavy atom. The van der Waals surface area contributed by atoms with E-state index in [1.807, 2.05) is 31.2 Å². The van der Waals surface area contributed by atoms with E-state index in [2.05, 4.69) is 5.32 Å². The molecule has 5 nitrogen and oxygen atoms in total. The van der Waals surface area contributed by atoms with Crippen LogP contribution in [0, 0.1) is 6.92 Å². The molecule has 24 heavy (non-hydrogen) atoms. The van der Waals surface area contributed by atoms with Gasteiger partial charge in [-0.2, -0.15) is 4.31 Å². The van der Waals surface area contributed by atoms with E-state index in [4.69, 9.17) is 0 Å². The molecule has 0 unspecified atom stereocenters. The molecule has 0 fully saturated rings. The van der Waals surface area contributed by atoms with Crippen molar-refractivity contribution in [3.8, 4) is 0 Å². The molecule has 6 heteroatoms. The molecule has 128 valence electrons. The zero-order chi connectivity index (χ0) is 17.7. The molecule has 0 saturated heterocycles. The summed E-state index contributed by atoms with van der Waals surface area (Å²) in [7, 11) is -3.51. The number of amides is 1. The molecule has 0 atom stereocenters. The van der Waals surface area contributed by atoms with Crippen LogP contribution >= 0.6 is 0 Å². The quantitative estimate of drug-likeness (QED) is 0.873. The third-order valence-corrected chi connectivity index (χ3v) is 5.83. The number of hydrogen-bond donors (Lipinski definition) is 1. The lowest BCUT2D eigenvalue weighted by Gasteiger charge is -2.18. The van der Waals surface area contributed by atoms with Gasteiger partial charge in [0.15, 0.2) is 0 Å². The van der Waals surface area contributed by atoms with Gasteiger partial charge in [-0.15, -0.1) is 0 Å². The highest BCUT2D eigenvalue weighted by molar-refractivity contribution is 7.89. The summed E-state index contributed by atoms with van der Waals surface area (Å²) in [5.74, 6) is -0.273. The Labute approximate surface area is 143 Å². The van der Waals surface area contributed by atoms with E-state index in [0.717, 1.165) is 5.56 Å². The number of nitrogens with one attached hydrogen (secondary N) is 1. The summed E-state index contributed by atoms with van der Waals surface area (Å²) < 4.78 is 26.2. The van der Waals surface area contributed by atoms with Crippen molar-refractivity contribution in [2.24, 2.45) is 0 Å². The molecule has 0 aliphatic heterocycles. The van der Waals surface area contributed by atoms with Crippen LogP contribution in [0.1, 0.15) is 29.8 Å². The predicted molar refractivity (Wildman–Crippen MR) is 95.7 cm³/mol. The van der Waals surface area contributed by atoms with E-state index in [0.29, 0.717) is 24.3 Å². The second kappa shape index (κ2) is 7.59. The minimum absolute atomic E-state index is 0.193. The number of carbonyl (C=O) groups excluding carboxylic acids is 1. The third-order valence-electron chi connectivity index (χ3n) is 3.77. The van der Waals surface area contributed by atoms with Crippen molar-refractivity contribution in [1.82, 2.24) is 4.31 Å². The fourth-order valence-corrected chi connectivity index (χ4v) is 3.79. The molecule has 0 radical (unpaired) electrons. The Morgan fingerprint density at radius 3 is 2.00 bits per heavy atom. The molecule has 2 rings (SSSR count). The Bertz CT molecular complexity index is 793. The summed E-state index contributed by atoms with van der Waals surface area (Å²) >= 11 is 0. The SMILES string of the molecule is CCN(CC)S(=O)(=O)c1ccc(C(=O)Nc2ccc(C)cc2)cc1. The summed E-state index contributed by atoms with van der Waals surface area (Å²) in [5, 5.41) is 2.79. The summed E-state index contributed by atoms with van der Waals surface area (Å²) in [6.07, 6.45) is 0. The van der Waals surface area contributed by atoms with Crippen LogP contribution in [-0.4, -0.2) is 31.7 Å². The van der Waals surface area contributed by atoms with E-state index in [1.165, 1.54) is 28.6 Å². The van der Waals surface area contributed by atoms with Crippen molar-refractivity contribution in [3.63, 3.8) is 0 Å². The number of hydrogen-bond acceptors (Lipinski definition) is 3. The van der Waals surface area contributed by atoms with Crippen LogP contribution in [0.4, 0.5) is 5.69 Å². The first-order valence-corrected chi connectivity index (χ1v) is 9.30. The summed E-state index contributed by atoms with van der Waals surface area (Å²) in [5.41, 5.74) is 2.22. The summed E-state index contributed by atoms with van der Waals surface area (Å²) in [6.45, 7) is 6.39. The molecule has 0 saturated carbocycles. The molecular formula is C18H22N2O3S. The van der Waals surface area contributed by atoms with Crippen molar-refractivity contribution in [3.05, 3.63) is 59.7 Å². The van der Waals surface area contributed by atoms with Crippen LogP contribution in [0.15, 0.2) is 53.4 Å². The van der Waals surface area contributed by atoms with Crippen molar-refractivity contribution >= 4 is 21.6 Å². The Balaban J connectivity index is 2.16. The van der Waals surface area contributed by atoms with E-state index >= 15 is 0 Å². The Morgan fingerprint density at radius 1 is 0.958 bits per heavy atom. The van der Waals surface area contributed by atoms with Crippen LogP contribution in [0.3, 0.4) is 0 Å². The highest BCUT2D eigenvalue weighted by Crippen LogP contribution is 2.17. The lowest BCUT2D eigenvalue weighted by atomic mass is 10.2. The lowest BCUT2D eigenvalue weighted by molar-refractivity contribution is 0.102. The van der Waals surface area contributed by atoms with Gasteiger partial charge in [0.25, 0.3) is 5.91 Å². The van der Waals surface area contributed by atoms with Crippen LogP contribution < -0.4 is 5.32 Å². The molecule has 2 aromatic carbocycles. The first-order valence-electron chi connectivity index (χ1n) is 7.86. The Kier molecular flexibility index (Phi) is 5.75. The van der Waals surface area contributed by atoms with Crippen molar-refractivity contribution in [1.29, 1.82) is 0 Å². The van der Waals surface area contributed by atoms with Gasteiger partial charge in [-0.1, -0.05) is 31.5 Å². The number of sulfonamides is 1. The van der Waals surface area contributed by atoms with E-state index in [1.54, 1.807) is 13.8 Å². The molecule has 1 N–H and O–H groups in total. The third kappa shape index (κ3) is 4.01. The van der Waals surface area contributed by atoms with Crippen LogP contribution in [-0.2, 0) is 10.0 Å². The van der Waals surface area contributed by atoms with Crippen molar-refractivity contribution in [2.75, 3.05) is 18.4 Å². The number of nitrogens with zero attached hydrogens (tertiary/aromatic N) is 1. The predicted octanol–water partition coefficient (Wildman–Crippen LogP) is 3.28. The standard InChI is InChI=1S/C18H22N2O3S/c1-4-20(5-2)24(22,23)17-12-8-15(9-13-17)18(21)19-16-10-6-14(3)7-11-16/h6-13H,4-5H2,1-3H3,(H,19,21). The zero-order valence-corrected chi connectivity index (χ0v) is 14.9. The largest absolute Gasteiger partial charge is 0.322 e. The number of anilines is 1. The molecule has 0 aliphatic rings. The number of aryl methyl sites for hydroxylation is 1. The summed E-state index contributed by atoms with van der Waals surface area (Å²) in [4.78, 5) is 12.4. The molecule has 0 heterocycles. The van der Waals surface area contributed by atoms with E-state index in [-0.39, 0.29) is 10.8 Å². The first kappa shape index (κ1) is 18.2. The van der Waals surface area contributed by atoms with E-state index in [9.17, 15) is 13.2 Å². The van der Waals surface area contributed by atoms with Crippen LogP contribution in [0.2, 0.25) is 0 Å². The lowest BCUT2D eigenvalue weighted by Crippen LogP contribution is -2.30. The molecule has 0 aliphatic carbocycles. The molecule has 0 aromatic heterocycles. The van der Waals surface area contributed by atoms with Crippen LogP contribution in [0.25, 0.3) is 0 Å². The highest BCUT2D eigenvalue weighted by atomic mass is 32.2. The van der Waals surface area contributed by atoms with Gasteiger partial charge in [-0.3, -0.25) is 4.79 Å². The maximum Gasteiger partial charge on any atom is 0.255 e. The van der Waals surface area contributed by atoms with Gasteiger partial charge < -0.3 is 5.32 Å². The van der Waals surface area contributed by atoms with Gasteiger partial charge in [0.05, 0.1) is 4.90 Å². The molecule has 1 amide bonds. The zero-order valence-electron chi connectivity index (χ0n) is 14.1. The number of benzene rings is 2. The maximum atomic E-state index is 12.4. The van der Waals surface area contributed by atoms with Crippen molar-refractivity contribution < 1.29 is 13.2 Å². The molecular weight excluding hydrogens is 324 g/mol. The average molecular weight is 346 g/mol. The fourth-order valence-electron chi connectivity index (χ4n) is 2.33. The average Bonchev–Trinajstić information content (AvgIpc) is 2.58. The van der Waals surface area contributed by atoms with Crippen LogP contribution in [0.5, 0.6) is 0 Å². The summed E-state index contributed by atoms with van der Waals surface area (Å²) in [6, 6.07) is 13.5. The minimum Gasteiger partial charge on any atom is -0.322 e. The normalized spacial score (nSPS) is 11.5. The minimum atomic E-state index is -3.51. The Hall–Kier alpha value is -2.18. The van der Waals surface area contributed by atoms with Gasteiger partial charge in [0, 0.05) is 24.3 Å². The second-order valence-electron chi connectivity index (χ2n) is 5.43. The number of carbonyl (C=O) groups is 1. The second-order valence-corrected chi connectivity index (χ2v) is 7.37. The van der Waals surface area contributed by atoms with Gasteiger partial charge in [-0.05, 0) is 43.3 Å². The maximum absolute atomic E-state index is 12.4. The first-order chi connectivity index (χ1) is 11.4. The van der Waals surface area contributed by atoms with E-state index < -0.39 is 10.0 Å². The smallest absolute Gasteiger partial charge is 0.255 e. The fraction of sp³-hybridized carbons (Fsp3) is 0.278. The van der Waals surface area contributed by atoms with Gasteiger partial charge in [-0.25, -0.2) is 8.42 Å². The number of rotatable bonds is 6. The van der Waals surface area contributed by atoms with Crippen molar-refractivity contribution in [2.45, 2.75) is 25.7 Å². The molecule has 0 spiro atoms.